The third-order valence-electron chi connectivity index (χ3n) is 3.66. The second kappa shape index (κ2) is 5.67. The van der Waals surface area contributed by atoms with Gasteiger partial charge in [0.15, 0.2) is 23.1 Å². The molecule has 7 heteroatoms. The monoisotopic (exact) mass is 305 g/mol. The van der Waals surface area contributed by atoms with E-state index in [1.165, 1.54) is 13.2 Å². The van der Waals surface area contributed by atoms with Crippen LogP contribution in [0, 0.1) is 11.6 Å². The zero-order valence-electron chi connectivity index (χ0n) is 11.8. The second-order valence-electron chi connectivity index (χ2n) is 4.94. The first kappa shape index (κ1) is 14.4. The minimum Gasteiger partial charge on any atom is -0.464 e. The highest BCUT2D eigenvalue weighted by Gasteiger charge is 2.23. The van der Waals surface area contributed by atoms with Crippen LogP contribution in [0.5, 0.6) is 0 Å². The molecule has 0 aliphatic carbocycles. The van der Waals surface area contributed by atoms with Gasteiger partial charge in [-0.1, -0.05) is 6.07 Å². The lowest BCUT2D eigenvalue weighted by Gasteiger charge is -2.29. The van der Waals surface area contributed by atoms with E-state index < -0.39 is 17.6 Å². The van der Waals surface area contributed by atoms with Gasteiger partial charge in [-0.25, -0.2) is 13.6 Å². The Hall–Kier alpha value is -2.57. The maximum atomic E-state index is 13.9. The van der Waals surface area contributed by atoms with Crippen LogP contribution < -0.4 is 4.90 Å². The Labute approximate surface area is 125 Å². The summed E-state index contributed by atoms with van der Waals surface area (Å²) in [5.74, 6) is -1.74. The first-order chi connectivity index (χ1) is 10.6. The van der Waals surface area contributed by atoms with Gasteiger partial charge >= 0.3 is 5.97 Å². The van der Waals surface area contributed by atoms with E-state index in [0.717, 1.165) is 11.6 Å². The van der Waals surface area contributed by atoms with Crippen molar-refractivity contribution in [1.29, 1.82) is 0 Å². The van der Waals surface area contributed by atoms with Crippen LogP contribution >= 0.6 is 0 Å². The van der Waals surface area contributed by atoms with Gasteiger partial charge in [-0.3, -0.25) is 0 Å². The van der Waals surface area contributed by atoms with E-state index in [9.17, 15) is 13.6 Å². The molecule has 3 rings (SSSR count). The molecule has 0 atom stereocenters. The minimum atomic E-state index is -0.854. The highest BCUT2D eigenvalue weighted by molar-refractivity contribution is 5.86. The summed E-state index contributed by atoms with van der Waals surface area (Å²) < 4.78 is 31.8. The number of esters is 1. The van der Waals surface area contributed by atoms with Crippen molar-refractivity contribution >= 4 is 11.8 Å². The van der Waals surface area contributed by atoms with Crippen molar-refractivity contribution in [3.8, 4) is 0 Å². The SMILES string of the molecule is COC(=O)c1ccc(N2CCc3ccc(F)c(F)c3C2)nn1. The van der Waals surface area contributed by atoms with Crippen LogP contribution in [-0.2, 0) is 17.7 Å². The number of benzene rings is 1. The Morgan fingerprint density at radius 2 is 2.05 bits per heavy atom. The lowest BCUT2D eigenvalue weighted by Crippen LogP contribution is -2.32. The molecule has 0 fully saturated rings. The Morgan fingerprint density at radius 1 is 1.23 bits per heavy atom. The molecule has 1 aromatic heterocycles. The first-order valence-corrected chi connectivity index (χ1v) is 6.73. The molecule has 5 nitrogen and oxygen atoms in total. The quantitative estimate of drug-likeness (QED) is 0.795. The molecule has 2 aromatic rings. The highest BCUT2D eigenvalue weighted by Crippen LogP contribution is 2.26. The number of anilines is 1. The molecule has 114 valence electrons. The summed E-state index contributed by atoms with van der Waals surface area (Å²) in [5, 5.41) is 7.74. The molecule has 1 aliphatic heterocycles. The van der Waals surface area contributed by atoms with Crippen molar-refractivity contribution in [3.05, 3.63) is 52.7 Å². The Bertz CT molecular complexity index is 719. The van der Waals surface area contributed by atoms with E-state index in [1.54, 1.807) is 17.0 Å². The molecule has 2 heterocycles. The van der Waals surface area contributed by atoms with E-state index in [4.69, 9.17) is 0 Å². The standard InChI is InChI=1S/C15H13F2N3O2/c1-22-15(21)12-4-5-13(19-18-12)20-7-6-9-2-3-11(16)14(17)10(9)8-20/h2-5H,6-8H2,1H3. The maximum Gasteiger partial charge on any atom is 0.358 e. The topological polar surface area (TPSA) is 55.3 Å². The molecule has 0 amide bonds. The van der Waals surface area contributed by atoms with Crippen LogP contribution in [0.1, 0.15) is 21.6 Å². The number of fused-ring (bicyclic) bond motifs is 1. The van der Waals surface area contributed by atoms with Gasteiger partial charge in [0.25, 0.3) is 0 Å². The fourth-order valence-corrected chi connectivity index (χ4v) is 2.47. The summed E-state index contributed by atoms with van der Waals surface area (Å²) in [5.41, 5.74) is 1.24. The first-order valence-electron chi connectivity index (χ1n) is 6.73. The summed E-state index contributed by atoms with van der Waals surface area (Å²) in [6.45, 7) is 0.829. The van der Waals surface area contributed by atoms with E-state index in [2.05, 4.69) is 14.9 Å². The fraction of sp³-hybridized carbons (Fsp3) is 0.267. The average Bonchev–Trinajstić information content (AvgIpc) is 2.57. The number of carbonyl (C=O) groups is 1. The third-order valence-corrected chi connectivity index (χ3v) is 3.66. The van der Waals surface area contributed by atoms with Gasteiger partial charge in [-0.05, 0) is 30.2 Å². The van der Waals surface area contributed by atoms with Crippen molar-refractivity contribution in [2.75, 3.05) is 18.6 Å². The van der Waals surface area contributed by atoms with Gasteiger partial charge < -0.3 is 9.64 Å². The number of ether oxygens (including phenoxy) is 1. The molecular formula is C15H13F2N3O2. The zero-order chi connectivity index (χ0) is 15.7. The molecule has 0 bridgehead atoms. The number of methoxy groups -OCH3 is 1. The number of rotatable bonds is 2. The van der Waals surface area contributed by atoms with Crippen molar-refractivity contribution in [1.82, 2.24) is 10.2 Å². The van der Waals surface area contributed by atoms with E-state index >= 15 is 0 Å². The molecule has 0 radical (unpaired) electrons. The summed E-state index contributed by atoms with van der Waals surface area (Å²) >= 11 is 0. The van der Waals surface area contributed by atoms with Gasteiger partial charge in [0.2, 0.25) is 0 Å². The summed E-state index contributed by atoms with van der Waals surface area (Å²) in [7, 11) is 1.26. The van der Waals surface area contributed by atoms with E-state index in [1.807, 2.05) is 0 Å². The van der Waals surface area contributed by atoms with E-state index in [0.29, 0.717) is 24.3 Å². The van der Waals surface area contributed by atoms with Crippen LogP contribution in [0.15, 0.2) is 24.3 Å². The Morgan fingerprint density at radius 3 is 2.73 bits per heavy atom. The number of hydrogen-bond donors (Lipinski definition) is 0. The maximum absolute atomic E-state index is 13.9. The van der Waals surface area contributed by atoms with Crippen LogP contribution in [0.25, 0.3) is 0 Å². The largest absolute Gasteiger partial charge is 0.464 e. The molecule has 1 aromatic carbocycles. The molecule has 0 saturated heterocycles. The smallest absolute Gasteiger partial charge is 0.358 e. The summed E-state index contributed by atoms with van der Waals surface area (Å²) in [4.78, 5) is 13.1. The molecular weight excluding hydrogens is 292 g/mol. The van der Waals surface area contributed by atoms with Gasteiger partial charge in [0.05, 0.1) is 7.11 Å². The second-order valence-corrected chi connectivity index (χ2v) is 4.94. The number of aromatic nitrogens is 2. The van der Waals surface area contributed by atoms with E-state index in [-0.39, 0.29) is 12.2 Å². The zero-order valence-corrected chi connectivity index (χ0v) is 11.8. The normalized spacial score (nSPS) is 13.7. The Balaban J connectivity index is 1.85. The van der Waals surface area contributed by atoms with Gasteiger partial charge in [0, 0.05) is 18.7 Å². The molecule has 22 heavy (non-hydrogen) atoms. The van der Waals surface area contributed by atoms with Gasteiger partial charge in [-0.2, -0.15) is 0 Å². The molecule has 1 aliphatic rings. The van der Waals surface area contributed by atoms with Crippen molar-refractivity contribution in [3.63, 3.8) is 0 Å². The Kier molecular flexibility index (Phi) is 3.70. The predicted octanol–water partition coefficient (Wildman–Crippen LogP) is 2.10. The van der Waals surface area contributed by atoms with Crippen molar-refractivity contribution < 1.29 is 18.3 Å². The number of carbonyl (C=O) groups excluding carboxylic acids is 1. The van der Waals surface area contributed by atoms with Crippen molar-refractivity contribution in [2.24, 2.45) is 0 Å². The van der Waals surface area contributed by atoms with Gasteiger partial charge in [-0.15, -0.1) is 10.2 Å². The minimum absolute atomic E-state index is 0.0980. The summed E-state index contributed by atoms with van der Waals surface area (Å²) in [6.07, 6.45) is 0.590. The molecule has 0 N–H and O–H groups in total. The number of halogens is 2. The molecule has 0 spiro atoms. The number of hydrogen-bond acceptors (Lipinski definition) is 5. The van der Waals surface area contributed by atoms with Crippen molar-refractivity contribution in [2.45, 2.75) is 13.0 Å². The lowest BCUT2D eigenvalue weighted by molar-refractivity contribution is 0.0592. The van der Waals surface area contributed by atoms with Crippen LogP contribution in [0.3, 0.4) is 0 Å². The summed E-state index contributed by atoms with van der Waals surface area (Å²) in [6, 6.07) is 5.86. The number of nitrogens with zero attached hydrogens (tertiary/aromatic N) is 3. The van der Waals surface area contributed by atoms with Gasteiger partial charge in [0.1, 0.15) is 0 Å². The molecule has 0 unspecified atom stereocenters. The fourth-order valence-electron chi connectivity index (χ4n) is 2.47. The van der Waals surface area contributed by atoms with Crippen LogP contribution in [0.2, 0.25) is 0 Å². The van der Waals surface area contributed by atoms with Crippen LogP contribution in [-0.4, -0.2) is 29.8 Å². The molecule has 0 saturated carbocycles. The predicted molar refractivity (Wildman–Crippen MR) is 74.5 cm³/mol. The van der Waals surface area contributed by atoms with Crippen LogP contribution in [0.4, 0.5) is 14.6 Å². The lowest BCUT2D eigenvalue weighted by atomic mass is 9.99. The third kappa shape index (κ3) is 2.49. The average molecular weight is 305 g/mol. The highest BCUT2D eigenvalue weighted by atomic mass is 19.2.